The van der Waals surface area contributed by atoms with Gasteiger partial charge in [0.15, 0.2) is 0 Å². The molecule has 0 aliphatic rings. The van der Waals surface area contributed by atoms with Crippen molar-refractivity contribution >= 4 is 40.4 Å². The maximum Gasteiger partial charge on any atom is 0.279 e. The molecule has 1 heterocycles. The van der Waals surface area contributed by atoms with Crippen molar-refractivity contribution in [2.24, 2.45) is 0 Å². The van der Waals surface area contributed by atoms with Gasteiger partial charge < -0.3 is 5.32 Å². The summed E-state index contributed by atoms with van der Waals surface area (Å²) < 4.78 is 0. The van der Waals surface area contributed by atoms with Gasteiger partial charge in [-0.3, -0.25) is 0 Å². The highest BCUT2D eigenvalue weighted by atomic mass is 35.5. The van der Waals surface area contributed by atoms with Crippen LogP contribution in [0.4, 0.5) is 11.5 Å². The van der Waals surface area contributed by atoms with Crippen molar-refractivity contribution in [2.45, 2.75) is 6.92 Å². The number of rotatable bonds is 2. The molecule has 5 heteroatoms. The van der Waals surface area contributed by atoms with Crippen LogP contribution in [0.1, 0.15) is 5.56 Å². The number of nitrogens with one attached hydrogen (secondary N) is 3. The van der Waals surface area contributed by atoms with Crippen molar-refractivity contribution in [2.75, 3.05) is 10.6 Å². The topological polar surface area (TPSA) is 38.2 Å². The van der Waals surface area contributed by atoms with E-state index in [0.717, 1.165) is 17.1 Å². The molecule has 2 rings (SSSR count). The third-order valence-corrected chi connectivity index (χ3v) is 3.09. The molecule has 0 unspecified atom stereocenters. The van der Waals surface area contributed by atoms with Crippen LogP contribution in [0.3, 0.4) is 0 Å². The highest BCUT2D eigenvalue weighted by Gasteiger charge is 2.08. The molecule has 0 aliphatic carbocycles. The largest absolute Gasteiger partial charge is 0.313 e. The Morgan fingerprint density at radius 3 is 2.72 bits per heavy atom. The molecule has 0 fully saturated rings. The van der Waals surface area contributed by atoms with E-state index in [-0.39, 0.29) is 0 Å². The molecule has 0 radical (unpaired) electrons. The molecule has 0 saturated heterocycles. The lowest BCUT2D eigenvalue weighted by Crippen LogP contribution is -2.23. The van der Waals surface area contributed by atoms with Crippen LogP contribution in [0.5, 0.6) is 0 Å². The summed E-state index contributed by atoms with van der Waals surface area (Å²) in [5.41, 5.74) is 1.87. The van der Waals surface area contributed by atoms with E-state index in [9.17, 15) is 0 Å². The minimum absolute atomic E-state index is 0.516. The number of hydrogen-bond acceptors (Lipinski definition) is 1. The second kappa shape index (κ2) is 5.80. The number of aromatic nitrogens is 1. The Morgan fingerprint density at radius 2 is 2.00 bits per heavy atom. The molecular formula is C13H13ClN3S+. The third-order valence-electron chi connectivity index (χ3n) is 2.47. The third kappa shape index (κ3) is 3.18. The lowest BCUT2D eigenvalue weighted by Gasteiger charge is -2.09. The average molecular weight is 279 g/mol. The van der Waals surface area contributed by atoms with E-state index in [4.69, 9.17) is 23.8 Å². The van der Waals surface area contributed by atoms with E-state index >= 15 is 0 Å². The standard InChI is InChI=1S/C13H12ClN3S/c1-9-10(14)5-4-6-11(9)16-13(18)17-12-7-2-3-8-15-12/h2-8H,1H3,(H2,15,16,17,18)/p+1. The SMILES string of the molecule is Cc1c(Cl)cccc1NC(=S)Nc1cccc[nH+]1. The summed E-state index contributed by atoms with van der Waals surface area (Å²) in [6.07, 6.45) is 1.83. The van der Waals surface area contributed by atoms with Crippen molar-refractivity contribution in [3.63, 3.8) is 0 Å². The fraction of sp³-hybridized carbons (Fsp3) is 0.0769. The summed E-state index contributed by atoms with van der Waals surface area (Å²) in [6, 6.07) is 11.4. The monoisotopic (exact) mass is 278 g/mol. The Balaban J connectivity index is 2.06. The van der Waals surface area contributed by atoms with Crippen molar-refractivity contribution in [3.05, 3.63) is 53.2 Å². The second-order valence-corrected chi connectivity index (χ2v) is 4.58. The Kier molecular flexibility index (Phi) is 4.12. The smallest absolute Gasteiger partial charge is 0.279 e. The Labute approximate surface area is 116 Å². The van der Waals surface area contributed by atoms with Crippen LogP contribution < -0.4 is 15.6 Å². The Hall–Kier alpha value is -1.65. The molecule has 0 bridgehead atoms. The number of hydrogen-bond donors (Lipinski definition) is 2. The fourth-order valence-corrected chi connectivity index (χ4v) is 1.88. The first kappa shape index (κ1) is 12.8. The van der Waals surface area contributed by atoms with Crippen LogP contribution in [0, 0.1) is 6.92 Å². The zero-order valence-corrected chi connectivity index (χ0v) is 11.4. The summed E-state index contributed by atoms with van der Waals surface area (Å²) in [4.78, 5) is 3.05. The van der Waals surface area contributed by atoms with Gasteiger partial charge in [-0.15, -0.1) is 0 Å². The van der Waals surface area contributed by atoms with E-state index in [2.05, 4.69) is 15.6 Å². The van der Waals surface area contributed by atoms with Gasteiger partial charge in [0, 0.05) is 16.8 Å². The van der Waals surface area contributed by atoms with Gasteiger partial charge in [-0.25, -0.2) is 10.3 Å². The van der Waals surface area contributed by atoms with Crippen LogP contribution in [-0.2, 0) is 0 Å². The summed E-state index contributed by atoms with van der Waals surface area (Å²) in [5, 5.41) is 7.41. The summed E-state index contributed by atoms with van der Waals surface area (Å²) in [5.74, 6) is 0.828. The quantitative estimate of drug-likeness (QED) is 0.828. The molecule has 0 saturated carbocycles. The van der Waals surface area contributed by atoms with Crippen molar-refractivity contribution in [3.8, 4) is 0 Å². The van der Waals surface area contributed by atoms with Crippen LogP contribution in [-0.4, -0.2) is 5.11 Å². The van der Waals surface area contributed by atoms with E-state index in [1.807, 2.05) is 49.5 Å². The molecule has 0 aliphatic heterocycles. The first-order chi connectivity index (χ1) is 8.66. The van der Waals surface area contributed by atoms with Gasteiger partial charge in [-0.1, -0.05) is 23.7 Å². The first-order valence-corrected chi connectivity index (χ1v) is 6.25. The highest BCUT2D eigenvalue weighted by Crippen LogP contribution is 2.22. The molecule has 1 aromatic carbocycles. The number of pyridine rings is 1. The molecule has 2 aromatic rings. The number of thiocarbonyl (C=S) groups is 1. The Bertz CT molecular complexity index is 557. The number of aromatic amines is 1. The van der Waals surface area contributed by atoms with E-state index < -0.39 is 0 Å². The van der Waals surface area contributed by atoms with Crippen LogP contribution in [0.15, 0.2) is 42.6 Å². The highest BCUT2D eigenvalue weighted by molar-refractivity contribution is 7.80. The average Bonchev–Trinajstić information content (AvgIpc) is 2.36. The zero-order valence-electron chi connectivity index (χ0n) is 9.83. The van der Waals surface area contributed by atoms with Crippen LogP contribution in [0.2, 0.25) is 5.02 Å². The maximum absolute atomic E-state index is 6.05. The summed E-state index contributed by atoms with van der Waals surface area (Å²) >= 11 is 11.3. The minimum atomic E-state index is 0.516. The molecule has 0 amide bonds. The number of H-pyrrole nitrogens is 1. The first-order valence-electron chi connectivity index (χ1n) is 5.46. The number of benzene rings is 1. The van der Waals surface area contributed by atoms with Gasteiger partial charge in [0.1, 0.15) is 0 Å². The molecule has 0 spiro atoms. The fourth-order valence-electron chi connectivity index (χ4n) is 1.49. The van der Waals surface area contributed by atoms with Crippen LogP contribution in [0.25, 0.3) is 0 Å². The van der Waals surface area contributed by atoms with Gasteiger partial charge in [0.25, 0.3) is 10.9 Å². The molecular weight excluding hydrogens is 266 g/mol. The number of anilines is 2. The minimum Gasteiger partial charge on any atom is -0.313 e. The molecule has 1 aromatic heterocycles. The Morgan fingerprint density at radius 1 is 1.17 bits per heavy atom. The maximum atomic E-state index is 6.05. The van der Waals surface area contributed by atoms with E-state index in [1.54, 1.807) is 0 Å². The van der Waals surface area contributed by atoms with Crippen molar-refractivity contribution in [1.29, 1.82) is 0 Å². The predicted octanol–water partition coefficient (Wildman–Crippen LogP) is 3.27. The summed E-state index contributed by atoms with van der Waals surface area (Å²) in [6.45, 7) is 1.95. The van der Waals surface area contributed by atoms with Gasteiger partial charge in [0.05, 0.1) is 6.20 Å². The molecule has 3 nitrogen and oxygen atoms in total. The normalized spacial score (nSPS) is 9.89. The van der Waals surface area contributed by atoms with E-state index in [0.29, 0.717) is 10.1 Å². The second-order valence-electron chi connectivity index (χ2n) is 3.77. The molecule has 18 heavy (non-hydrogen) atoms. The van der Waals surface area contributed by atoms with Gasteiger partial charge in [0.2, 0.25) is 0 Å². The molecule has 92 valence electrons. The molecule has 3 N–H and O–H groups in total. The lowest BCUT2D eigenvalue weighted by molar-refractivity contribution is -0.360. The van der Waals surface area contributed by atoms with E-state index in [1.165, 1.54) is 0 Å². The summed E-state index contributed by atoms with van der Waals surface area (Å²) in [7, 11) is 0. The van der Waals surface area contributed by atoms with Crippen molar-refractivity contribution < 1.29 is 4.98 Å². The van der Waals surface area contributed by atoms with Crippen molar-refractivity contribution in [1.82, 2.24) is 0 Å². The van der Waals surface area contributed by atoms with Gasteiger partial charge in [-0.2, -0.15) is 0 Å². The van der Waals surface area contributed by atoms with Crippen LogP contribution >= 0.6 is 23.8 Å². The van der Waals surface area contributed by atoms with Gasteiger partial charge >= 0.3 is 0 Å². The van der Waals surface area contributed by atoms with Gasteiger partial charge in [-0.05, 0) is 42.9 Å². The number of halogens is 1. The lowest BCUT2D eigenvalue weighted by atomic mass is 10.2. The molecule has 0 atom stereocenters. The predicted molar refractivity (Wildman–Crippen MR) is 79.0 cm³/mol. The zero-order chi connectivity index (χ0) is 13.0.